The second-order valence-electron chi connectivity index (χ2n) is 6.38. The minimum atomic E-state index is -0.293. The van der Waals surface area contributed by atoms with Crippen molar-refractivity contribution in [2.24, 2.45) is 0 Å². The Morgan fingerprint density at radius 3 is 2.64 bits per heavy atom. The number of carbonyl (C=O) groups excluding carboxylic acids is 1. The van der Waals surface area contributed by atoms with E-state index in [4.69, 9.17) is 21.1 Å². The van der Waals surface area contributed by atoms with Gasteiger partial charge < -0.3 is 9.47 Å². The Hall–Kier alpha value is -2.51. The number of halogens is 1. The van der Waals surface area contributed by atoms with Crippen LogP contribution in [0.15, 0.2) is 59.8 Å². The van der Waals surface area contributed by atoms with Crippen molar-refractivity contribution >= 4 is 29.3 Å². The summed E-state index contributed by atoms with van der Waals surface area (Å²) in [6.45, 7) is 2.08. The molecular formula is C20H18ClN3O3S. The molecule has 3 aromatic rings. The van der Waals surface area contributed by atoms with Crippen LogP contribution < -0.4 is 4.74 Å². The molecule has 0 bridgehead atoms. The standard InChI is InChI=1S/C20H18ClN3O3S/c1-13-11-17(19(25)27-13)28-20-23-22-18(24(20)14-7-3-2-4-8-14)12-26-16-10-6-5-9-15(16)21/h2-10,13,17H,11-12H2,1H3/t13-,17-/m0/s1. The SMILES string of the molecule is C[C@H]1C[C@H](Sc2nnc(COc3ccccc3Cl)n2-c2ccccc2)C(=O)O1. The predicted octanol–water partition coefficient (Wildman–Crippen LogP) is 4.30. The third-order valence-corrected chi connectivity index (χ3v) is 5.74. The van der Waals surface area contributed by atoms with E-state index < -0.39 is 0 Å². The van der Waals surface area contributed by atoms with Crippen molar-refractivity contribution in [3.8, 4) is 11.4 Å². The van der Waals surface area contributed by atoms with Crippen LogP contribution in [0.3, 0.4) is 0 Å². The Balaban J connectivity index is 1.62. The van der Waals surface area contributed by atoms with Crippen molar-refractivity contribution in [1.29, 1.82) is 0 Å². The van der Waals surface area contributed by atoms with Gasteiger partial charge in [0.2, 0.25) is 0 Å². The number of esters is 1. The highest BCUT2D eigenvalue weighted by Gasteiger charge is 2.34. The Bertz CT molecular complexity index is 980. The first-order chi connectivity index (χ1) is 13.6. The van der Waals surface area contributed by atoms with Crippen LogP contribution in [-0.4, -0.2) is 32.1 Å². The molecule has 2 heterocycles. The molecule has 1 saturated heterocycles. The van der Waals surface area contributed by atoms with Crippen molar-refractivity contribution in [1.82, 2.24) is 14.8 Å². The van der Waals surface area contributed by atoms with Crippen LogP contribution in [0.1, 0.15) is 19.2 Å². The van der Waals surface area contributed by atoms with Gasteiger partial charge in [-0.2, -0.15) is 0 Å². The first-order valence-electron chi connectivity index (χ1n) is 8.86. The number of hydrogen-bond acceptors (Lipinski definition) is 6. The molecule has 0 N–H and O–H groups in total. The lowest BCUT2D eigenvalue weighted by molar-refractivity contribution is -0.140. The van der Waals surface area contributed by atoms with Crippen LogP contribution in [0.2, 0.25) is 5.02 Å². The number of hydrogen-bond donors (Lipinski definition) is 0. The van der Waals surface area contributed by atoms with Crippen LogP contribution in [0.25, 0.3) is 5.69 Å². The molecule has 0 saturated carbocycles. The van der Waals surface area contributed by atoms with Crippen molar-refractivity contribution in [3.05, 3.63) is 65.4 Å². The molecule has 0 aliphatic carbocycles. The van der Waals surface area contributed by atoms with E-state index in [0.29, 0.717) is 28.2 Å². The summed E-state index contributed by atoms with van der Waals surface area (Å²) < 4.78 is 13.0. The quantitative estimate of drug-likeness (QED) is 0.559. The van der Waals surface area contributed by atoms with Gasteiger partial charge in [-0.3, -0.25) is 9.36 Å². The average Bonchev–Trinajstić information content (AvgIpc) is 3.24. The van der Waals surface area contributed by atoms with E-state index in [1.54, 1.807) is 12.1 Å². The van der Waals surface area contributed by atoms with Gasteiger partial charge in [0, 0.05) is 12.1 Å². The summed E-state index contributed by atoms with van der Waals surface area (Å²) in [5.74, 6) is 0.983. The Morgan fingerprint density at radius 1 is 1.18 bits per heavy atom. The summed E-state index contributed by atoms with van der Waals surface area (Å²) >= 11 is 7.54. The van der Waals surface area contributed by atoms with Gasteiger partial charge in [-0.25, -0.2) is 0 Å². The predicted molar refractivity (Wildman–Crippen MR) is 107 cm³/mol. The molecule has 1 aliphatic heterocycles. The van der Waals surface area contributed by atoms with Gasteiger partial charge in [0.05, 0.1) is 5.02 Å². The fourth-order valence-corrected chi connectivity index (χ4v) is 4.32. The molecule has 2 atom stereocenters. The Kier molecular flexibility index (Phi) is 5.54. The van der Waals surface area contributed by atoms with Crippen LogP contribution in [0, 0.1) is 0 Å². The van der Waals surface area contributed by atoms with Gasteiger partial charge in [-0.15, -0.1) is 10.2 Å². The van der Waals surface area contributed by atoms with Gasteiger partial charge in [0.1, 0.15) is 23.7 Å². The minimum Gasteiger partial charge on any atom is -0.484 e. The maximum Gasteiger partial charge on any atom is 0.319 e. The van der Waals surface area contributed by atoms with E-state index in [-0.39, 0.29) is 23.9 Å². The van der Waals surface area contributed by atoms with Gasteiger partial charge in [0.15, 0.2) is 11.0 Å². The van der Waals surface area contributed by atoms with E-state index in [1.165, 1.54) is 11.8 Å². The number of para-hydroxylation sites is 2. The molecule has 144 valence electrons. The van der Waals surface area contributed by atoms with Crippen molar-refractivity contribution in [2.75, 3.05) is 0 Å². The molecule has 1 aromatic heterocycles. The first kappa shape index (κ1) is 18.8. The van der Waals surface area contributed by atoms with Crippen molar-refractivity contribution in [3.63, 3.8) is 0 Å². The fraction of sp³-hybridized carbons (Fsp3) is 0.250. The molecule has 6 nitrogen and oxygen atoms in total. The van der Waals surface area contributed by atoms with Gasteiger partial charge in [-0.1, -0.05) is 53.7 Å². The van der Waals surface area contributed by atoms with Crippen molar-refractivity contribution in [2.45, 2.75) is 36.5 Å². The molecule has 0 radical (unpaired) electrons. The summed E-state index contributed by atoms with van der Waals surface area (Å²) in [5.41, 5.74) is 0.896. The Labute approximate surface area is 171 Å². The van der Waals surface area contributed by atoms with E-state index in [9.17, 15) is 4.79 Å². The summed E-state index contributed by atoms with van der Waals surface area (Å²) in [6.07, 6.45) is 0.567. The third-order valence-electron chi connectivity index (χ3n) is 4.28. The molecular weight excluding hydrogens is 398 g/mol. The van der Waals surface area contributed by atoms with Gasteiger partial charge in [0.25, 0.3) is 0 Å². The lowest BCUT2D eigenvalue weighted by Gasteiger charge is -2.12. The minimum absolute atomic E-state index is 0.0823. The summed E-state index contributed by atoms with van der Waals surface area (Å²) in [4.78, 5) is 12.1. The zero-order chi connectivity index (χ0) is 19.5. The number of cyclic esters (lactones) is 1. The number of rotatable bonds is 6. The van der Waals surface area contributed by atoms with Crippen molar-refractivity contribution < 1.29 is 14.3 Å². The largest absolute Gasteiger partial charge is 0.484 e. The maximum absolute atomic E-state index is 12.1. The molecule has 8 heteroatoms. The van der Waals surface area contributed by atoms with E-state index in [2.05, 4.69) is 10.2 Å². The smallest absolute Gasteiger partial charge is 0.319 e. The normalized spacial score (nSPS) is 18.9. The summed E-state index contributed by atoms with van der Waals surface area (Å²) in [6, 6.07) is 17.0. The Morgan fingerprint density at radius 2 is 1.93 bits per heavy atom. The molecule has 0 amide bonds. The zero-order valence-corrected chi connectivity index (χ0v) is 16.7. The highest BCUT2D eigenvalue weighted by Crippen LogP contribution is 2.33. The van der Waals surface area contributed by atoms with Crippen LogP contribution in [-0.2, 0) is 16.1 Å². The molecule has 4 rings (SSSR count). The maximum atomic E-state index is 12.1. The number of nitrogens with zero attached hydrogens (tertiary/aromatic N) is 3. The van der Waals surface area contributed by atoms with E-state index >= 15 is 0 Å². The fourth-order valence-electron chi connectivity index (χ4n) is 2.95. The number of thioether (sulfide) groups is 1. The number of aromatic nitrogens is 3. The molecule has 28 heavy (non-hydrogen) atoms. The topological polar surface area (TPSA) is 66.2 Å². The highest BCUT2D eigenvalue weighted by molar-refractivity contribution is 8.00. The first-order valence-corrected chi connectivity index (χ1v) is 10.1. The molecule has 1 aliphatic rings. The number of ether oxygens (including phenoxy) is 2. The molecule has 0 unspecified atom stereocenters. The van der Waals surface area contributed by atoms with Gasteiger partial charge >= 0.3 is 5.97 Å². The monoisotopic (exact) mass is 415 g/mol. The summed E-state index contributed by atoms with van der Waals surface area (Å²) in [7, 11) is 0. The highest BCUT2D eigenvalue weighted by atomic mass is 35.5. The zero-order valence-electron chi connectivity index (χ0n) is 15.1. The molecule has 2 aromatic carbocycles. The lowest BCUT2D eigenvalue weighted by atomic mass is 10.3. The second kappa shape index (κ2) is 8.24. The van der Waals surface area contributed by atoms with Crippen LogP contribution in [0.4, 0.5) is 0 Å². The molecule has 1 fully saturated rings. The molecule has 0 spiro atoms. The third kappa shape index (κ3) is 4.00. The lowest BCUT2D eigenvalue weighted by Crippen LogP contribution is -2.12. The van der Waals surface area contributed by atoms with Gasteiger partial charge in [-0.05, 0) is 31.2 Å². The second-order valence-corrected chi connectivity index (χ2v) is 7.96. The number of benzene rings is 2. The van der Waals surface area contributed by atoms with Crippen LogP contribution >= 0.6 is 23.4 Å². The van der Waals surface area contributed by atoms with E-state index in [0.717, 1.165) is 5.69 Å². The summed E-state index contributed by atoms with van der Waals surface area (Å²) in [5, 5.41) is 9.47. The number of carbonyl (C=O) groups is 1. The van der Waals surface area contributed by atoms with Crippen LogP contribution in [0.5, 0.6) is 5.75 Å². The van der Waals surface area contributed by atoms with E-state index in [1.807, 2.05) is 54.0 Å². The average molecular weight is 416 g/mol.